The van der Waals surface area contributed by atoms with Gasteiger partial charge in [-0.1, -0.05) is 0 Å². The molecule has 14 heavy (non-hydrogen) atoms. The highest BCUT2D eigenvalue weighted by molar-refractivity contribution is 5.83. The molecule has 3 nitrogen and oxygen atoms in total. The molecule has 0 saturated heterocycles. The van der Waals surface area contributed by atoms with Crippen molar-refractivity contribution in [1.29, 1.82) is 0 Å². The molecule has 0 unspecified atom stereocenters. The molecule has 0 amide bonds. The molecule has 0 saturated carbocycles. The van der Waals surface area contributed by atoms with Gasteiger partial charge >= 0.3 is 0 Å². The summed E-state index contributed by atoms with van der Waals surface area (Å²) in [6, 6.07) is 7.39. The number of nitrogens with zero attached hydrogens (tertiary/aromatic N) is 1. The van der Waals surface area contributed by atoms with Crippen LogP contribution in [0.5, 0.6) is 5.75 Å². The van der Waals surface area contributed by atoms with Crippen molar-refractivity contribution in [3.05, 3.63) is 36.2 Å². The molecule has 0 radical (unpaired) electrons. The van der Waals surface area contributed by atoms with Crippen molar-refractivity contribution in [2.75, 3.05) is 0 Å². The van der Waals surface area contributed by atoms with E-state index in [0.29, 0.717) is 12.2 Å². The Morgan fingerprint density at radius 3 is 2.93 bits per heavy atom. The van der Waals surface area contributed by atoms with Gasteiger partial charge in [-0.2, -0.15) is 0 Å². The predicted octanol–water partition coefficient (Wildman–Crippen LogP) is 2.08. The van der Waals surface area contributed by atoms with Crippen LogP contribution in [0, 0.1) is 6.92 Å². The van der Waals surface area contributed by atoms with Crippen LogP contribution in [0.4, 0.5) is 0 Å². The largest absolute Gasteiger partial charge is 0.429 e. The van der Waals surface area contributed by atoms with Crippen molar-refractivity contribution in [2.24, 2.45) is 0 Å². The summed E-state index contributed by atoms with van der Waals surface area (Å²) in [6.45, 7) is 2.35. The minimum absolute atomic E-state index is 0.426. The van der Waals surface area contributed by atoms with Crippen molar-refractivity contribution >= 4 is 17.2 Å². The first kappa shape index (κ1) is 8.69. The van der Waals surface area contributed by atoms with Crippen molar-refractivity contribution in [3.63, 3.8) is 0 Å². The Morgan fingerprint density at radius 1 is 1.29 bits per heavy atom. The fourth-order valence-corrected chi connectivity index (χ4v) is 1.36. The highest BCUT2D eigenvalue weighted by Crippen LogP contribution is 2.20. The second-order valence-electron chi connectivity index (χ2n) is 3.05. The van der Waals surface area contributed by atoms with Gasteiger partial charge in [0.15, 0.2) is 0 Å². The molecule has 3 heteroatoms. The second-order valence-corrected chi connectivity index (χ2v) is 3.05. The highest BCUT2D eigenvalue weighted by atomic mass is 16.5. The molecule has 1 aromatic heterocycles. The standard InChI is InChI=1S/C11H9NO2/c1-8-4-10-5-11(14-7-13)3-2-9(10)6-12-8/h2-7H,1H3. The summed E-state index contributed by atoms with van der Waals surface area (Å²) in [7, 11) is 0. The first-order valence-corrected chi connectivity index (χ1v) is 4.26. The number of benzene rings is 1. The van der Waals surface area contributed by atoms with Crippen LogP contribution in [0.1, 0.15) is 5.69 Å². The van der Waals surface area contributed by atoms with Gasteiger partial charge in [0, 0.05) is 17.3 Å². The summed E-state index contributed by atoms with van der Waals surface area (Å²) < 4.78 is 4.75. The van der Waals surface area contributed by atoms with Gasteiger partial charge in [-0.05, 0) is 36.6 Å². The van der Waals surface area contributed by atoms with Gasteiger partial charge in [0.1, 0.15) is 5.75 Å². The topological polar surface area (TPSA) is 39.2 Å². The summed E-state index contributed by atoms with van der Waals surface area (Å²) in [4.78, 5) is 14.3. The third-order valence-corrected chi connectivity index (χ3v) is 2.01. The van der Waals surface area contributed by atoms with Gasteiger partial charge in [-0.15, -0.1) is 0 Å². The minimum Gasteiger partial charge on any atom is -0.429 e. The molecule has 1 aromatic carbocycles. The first-order chi connectivity index (χ1) is 6.79. The van der Waals surface area contributed by atoms with E-state index in [0.717, 1.165) is 16.5 Å². The number of aryl methyl sites for hydroxylation is 1. The summed E-state index contributed by atoms with van der Waals surface area (Å²) in [5, 5.41) is 2.06. The zero-order chi connectivity index (χ0) is 9.97. The summed E-state index contributed by atoms with van der Waals surface area (Å²) >= 11 is 0. The smallest absolute Gasteiger partial charge is 0.298 e. The second kappa shape index (κ2) is 3.46. The number of hydrogen-bond donors (Lipinski definition) is 0. The molecule has 0 aliphatic carbocycles. The molecule has 0 aliphatic heterocycles. The van der Waals surface area contributed by atoms with E-state index < -0.39 is 0 Å². The number of fused-ring (bicyclic) bond motifs is 1. The van der Waals surface area contributed by atoms with Crippen molar-refractivity contribution < 1.29 is 9.53 Å². The molecule has 0 bridgehead atoms. The van der Waals surface area contributed by atoms with Crippen molar-refractivity contribution in [2.45, 2.75) is 6.92 Å². The van der Waals surface area contributed by atoms with E-state index in [-0.39, 0.29) is 0 Å². The molecular weight excluding hydrogens is 178 g/mol. The average molecular weight is 187 g/mol. The molecule has 0 atom stereocenters. The quantitative estimate of drug-likeness (QED) is 0.675. The van der Waals surface area contributed by atoms with Gasteiger partial charge < -0.3 is 4.74 Å². The monoisotopic (exact) mass is 187 g/mol. The lowest BCUT2D eigenvalue weighted by atomic mass is 10.1. The van der Waals surface area contributed by atoms with Crippen LogP contribution in [0.25, 0.3) is 10.8 Å². The van der Waals surface area contributed by atoms with Crippen LogP contribution in [-0.2, 0) is 4.79 Å². The van der Waals surface area contributed by atoms with E-state index in [1.807, 2.05) is 25.1 Å². The molecule has 0 aliphatic rings. The van der Waals surface area contributed by atoms with Gasteiger partial charge in [-0.3, -0.25) is 9.78 Å². The van der Waals surface area contributed by atoms with E-state index in [2.05, 4.69) is 4.98 Å². The summed E-state index contributed by atoms with van der Waals surface area (Å²) in [5.74, 6) is 0.554. The maximum Gasteiger partial charge on any atom is 0.298 e. The number of carbonyl (C=O) groups excluding carboxylic acids is 1. The Morgan fingerprint density at radius 2 is 2.14 bits per heavy atom. The molecule has 2 aromatic rings. The van der Waals surface area contributed by atoms with Crippen LogP contribution in [0.15, 0.2) is 30.5 Å². The van der Waals surface area contributed by atoms with E-state index in [1.54, 1.807) is 12.3 Å². The first-order valence-electron chi connectivity index (χ1n) is 4.26. The molecule has 1 heterocycles. The average Bonchev–Trinajstić information content (AvgIpc) is 2.17. The van der Waals surface area contributed by atoms with E-state index in [1.165, 1.54) is 0 Å². The molecule has 0 N–H and O–H groups in total. The maximum atomic E-state index is 10.1. The predicted molar refractivity (Wildman–Crippen MR) is 53.2 cm³/mol. The Bertz CT molecular complexity index is 480. The molecule has 0 spiro atoms. The lowest BCUT2D eigenvalue weighted by Gasteiger charge is -2.01. The number of aromatic nitrogens is 1. The SMILES string of the molecule is Cc1cc2cc(OC=O)ccc2cn1. The zero-order valence-electron chi connectivity index (χ0n) is 7.73. The third kappa shape index (κ3) is 1.57. The van der Waals surface area contributed by atoms with Crippen LogP contribution >= 0.6 is 0 Å². The number of hydrogen-bond acceptors (Lipinski definition) is 3. The van der Waals surface area contributed by atoms with Crippen molar-refractivity contribution in [3.8, 4) is 5.75 Å². The Labute approximate surface area is 81.3 Å². The number of rotatable bonds is 2. The molecule has 2 rings (SSSR count). The lowest BCUT2D eigenvalue weighted by molar-refractivity contribution is -0.120. The van der Waals surface area contributed by atoms with Crippen LogP contribution < -0.4 is 4.74 Å². The van der Waals surface area contributed by atoms with Crippen LogP contribution in [0.2, 0.25) is 0 Å². The number of ether oxygens (including phenoxy) is 1. The molecule has 70 valence electrons. The van der Waals surface area contributed by atoms with E-state index >= 15 is 0 Å². The fourth-order valence-electron chi connectivity index (χ4n) is 1.36. The lowest BCUT2D eigenvalue weighted by Crippen LogP contribution is -1.88. The molecule has 0 fully saturated rings. The Balaban J connectivity index is 2.57. The fraction of sp³-hybridized carbons (Fsp3) is 0.0909. The van der Waals surface area contributed by atoms with E-state index in [4.69, 9.17) is 4.74 Å². The van der Waals surface area contributed by atoms with Gasteiger partial charge in [0.2, 0.25) is 0 Å². The maximum absolute atomic E-state index is 10.1. The van der Waals surface area contributed by atoms with Crippen LogP contribution in [-0.4, -0.2) is 11.5 Å². The summed E-state index contributed by atoms with van der Waals surface area (Å²) in [5.41, 5.74) is 0.945. The third-order valence-electron chi connectivity index (χ3n) is 2.01. The van der Waals surface area contributed by atoms with Gasteiger partial charge in [-0.25, -0.2) is 0 Å². The van der Waals surface area contributed by atoms with Crippen molar-refractivity contribution in [1.82, 2.24) is 4.98 Å². The highest BCUT2D eigenvalue weighted by Gasteiger charge is 1.97. The normalized spacial score (nSPS) is 10.1. The summed E-state index contributed by atoms with van der Waals surface area (Å²) in [6.07, 6.45) is 1.80. The minimum atomic E-state index is 0.426. The number of pyridine rings is 1. The Kier molecular flexibility index (Phi) is 2.14. The Hall–Kier alpha value is -1.90. The van der Waals surface area contributed by atoms with Gasteiger partial charge in [0.05, 0.1) is 0 Å². The molecular formula is C11H9NO2. The zero-order valence-corrected chi connectivity index (χ0v) is 7.73. The van der Waals surface area contributed by atoms with Crippen LogP contribution in [0.3, 0.4) is 0 Å². The van der Waals surface area contributed by atoms with Gasteiger partial charge in [0.25, 0.3) is 6.47 Å². The number of carbonyl (C=O) groups is 1. The van der Waals surface area contributed by atoms with E-state index in [9.17, 15) is 4.79 Å².